The van der Waals surface area contributed by atoms with E-state index < -0.39 is 0 Å². The highest BCUT2D eigenvalue weighted by Crippen LogP contribution is 2.26. The Bertz CT molecular complexity index is 456. The number of nitrogens with one attached hydrogen (secondary N) is 1. The summed E-state index contributed by atoms with van der Waals surface area (Å²) in [4.78, 5) is 18.8. The third kappa shape index (κ3) is 3.57. The highest BCUT2D eigenvalue weighted by atomic mass is 16.2. The Kier molecular flexibility index (Phi) is 4.14. The molecule has 0 aliphatic carbocycles. The fourth-order valence-corrected chi connectivity index (χ4v) is 2.63. The maximum absolute atomic E-state index is 12.2. The number of rotatable bonds is 2. The quantitative estimate of drug-likeness (QED) is 0.902. The lowest BCUT2D eigenvalue weighted by molar-refractivity contribution is 0.0612. The molecule has 1 aromatic rings. The standard InChI is InChI=1S/C16H25N3O/c1-15(2,3)19-11-8-16(4,9-12-19)18-14(20)13-7-5-6-10-17-13/h5-7,10H,8-9,11-12H2,1-4H3,(H,18,20). The van der Waals surface area contributed by atoms with Gasteiger partial charge in [0.2, 0.25) is 0 Å². The molecule has 1 saturated heterocycles. The highest BCUT2D eigenvalue weighted by Gasteiger charge is 2.35. The van der Waals surface area contributed by atoms with Crippen molar-refractivity contribution in [2.24, 2.45) is 0 Å². The summed E-state index contributed by atoms with van der Waals surface area (Å²) in [6, 6.07) is 5.41. The van der Waals surface area contributed by atoms with Crippen LogP contribution in [0.2, 0.25) is 0 Å². The second-order valence-corrected chi connectivity index (χ2v) is 6.89. The molecule has 1 fully saturated rings. The van der Waals surface area contributed by atoms with E-state index in [1.807, 2.05) is 12.1 Å². The zero-order valence-corrected chi connectivity index (χ0v) is 12.9. The summed E-state index contributed by atoms with van der Waals surface area (Å²) >= 11 is 0. The van der Waals surface area contributed by atoms with Crippen LogP contribution in [0.4, 0.5) is 0 Å². The van der Waals surface area contributed by atoms with Gasteiger partial charge in [0.1, 0.15) is 5.69 Å². The minimum Gasteiger partial charge on any atom is -0.345 e. The second-order valence-electron chi connectivity index (χ2n) is 6.89. The Labute approximate surface area is 121 Å². The number of amides is 1. The molecule has 0 spiro atoms. The number of hydrogen-bond donors (Lipinski definition) is 1. The first-order chi connectivity index (χ1) is 9.30. The Morgan fingerprint density at radius 1 is 1.30 bits per heavy atom. The molecular formula is C16H25N3O. The molecule has 1 aliphatic rings. The fraction of sp³-hybridized carbons (Fsp3) is 0.625. The minimum atomic E-state index is -0.129. The van der Waals surface area contributed by atoms with E-state index in [4.69, 9.17) is 0 Å². The average Bonchev–Trinajstić information content (AvgIpc) is 2.38. The molecule has 0 unspecified atom stereocenters. The molecule has 20 heavy (non-hydrogen) atoms. The van der Waals surface area contributed by atoms with E-state index >= 15 is 0 Å². The van der Waals surface area contributed by atoms with Gasteiger partial charge in [-0.2, -0.15) is 0 Å². The SMILES string of the molecule is CC1(NC(=O)c2ccccn2)CCN(C(C)(C)C)CC1. The van der Waals surface area contributed by atoms with Crippen LogP contribution >= 0.6 is 0 Å². The van der Waals surface area contributed by atoms with Gasteiger partial charge in [0, 0.05) is 30.4 Å². The van der Waals surface area contributed by atoms with Crippen LogP contribution in [-0.4, -0.2) is 40.0 Å². The molecule has 1 amide bonds. The first kappa shape index (κ1) is 15.0. The Balaban J connectivity index is 1.96. The predicted molar refractivity (Wildman–Crippen MR) is 80.7 cm³/mol. The number of hydrogen-bond acceptors (Lipinski definition) is 3. The Hall–Kier alpha value is -1.42. The maximum atomic E-state index is 12.2. The average molecular weight is 275 g/mol. The van der Waals surface area contributed by atoms with Crippen LogP contribution in [0, 0.1) is 0 Å². The van der Waals surface area contributed by atoms with Crippen LogP contribution in [0.15, 0.2) is 24.4 Å². The third-order valence-electron chi connectivity index (χ3n) is 4.13. The summed E-state index contributed by atoms with van der Waals surface area (Å²) in [5.74, 6) is -0.0719. The first-order valence-electron chi connectivity index (χ1n) is 7.29. The number of carbonyl (C=O) groups is 1. The molecule has 1 aliphatic heterocycles. The van der Waals surface area contributed by atoms with Crippen molar-refractivity contribution in [1.82, 2.24) is 15.2 Å². The third-order valence-corrected chi connectivity index (χ3v) is 4.13. The summed E-state index contributed by atoms with van der Waals surface area (Å²) < 4.78 is 0. The molecule has 0 saturated carbocycles. The first-order valence-corrected chi connectivity index (χ1v) is 7.29. The Morgan fingerprint density at radius 3 is 2.45 bits per heavy atom. The molecule has 2 heterocycles. The van der Waals surface area contributed by atoms with Crippen molar-refractivity contribution >= 4 is 5.91 Å². The summed E-state index contributed by atoms with van der Waals surface area (Å²) in [5, 5.41) is 3.16. The number of pyridine rings is 1. The van der Waals surface area contributed by atoms with Crippen LogP contribution in [0.25, 0.3) is 0 Å². The van der Waals surface area contributed by atoms with E-state index in [9.17, 15) is 4.79 Å². The van der Waals surface area contributed by atoms with Crippen molar-refractivity contribution in [1.29, 1.82) is 0 Å². The summed E-state index contributed by atoms with van der Waals surface area (Å²) in [6.45, 7) is 10.9. The lowest BCUT2D eigenvalue weighted by Gasteiger charge is -2.45. The van der Waals surface area contributed by atoms with Crippen molar-refractivity contribution < 1.29 is 4.79 Å². The van der Waals surface area contributed by atoms with Crippen molar-refractivity contribution in [2.45, 2.75) is 51.6 Å². The van der Waals surface area contributed by atoms with Gasteiger partial charge in [-0.25, -0.2) is 0 Å². The fourth-order valence-electron chi connectivity index (χ4n) is 2.63. The second kappa shape index (κ2) is 5.52. The van der Waals surface area contributed by atoms with Crippen LogP contribution in [0.1, 0.15) is 51.0 Å². The smallest absolute Gasteiger partial charge is 0.270 e. The molecule has 2 rings (SSSR count). The van der Waals surface area contributed by atoms with Crippen molar-refractivity contribution in [3.05, 3.63) is 30.1 Å². The number of nitrogens with zero attached hydrogens (tertiary/aromatic N) is 2. The van der Waals surface area contributed by atoms with E-state index in [-0.39, 0.29) is 17.0 Å². The molecule has 0 radical (unpaired) electrons. The van der Waals surface area contributed by atoms with E-state index in [0.717, 1.165) is 25.9 Å². The van der Waals surface area contributed by atoms with Gasteiger partial charge >= 0.3 is 0 Å². The van der Waals surface area contributed by atoms with Gasteiger partial charge in [0.25, 0.3) is 5.91 Å². The van der Waals surface area contributed by atoms with Crippen LogP contribution in [0.5, 0.6) is 0 Å². The van der Waals surface area contributed by atoms with Crippen LogP contribution in [-0.2, 0) is 0 Å². The van der Waals surface area contributed by atoms with Crippen LogP contribution in [0.3, 0.4) is 0 Å². The van der Waals surface area contributed by atoms with Gasteiger partial charge in [0.15, 0.2) is 0 Å². The van der Waals surface area contributed by atoms with Gasteiger partial charge < -0.3 is 5.32 Å². The molecule has 0 atom stereocenters. The monoisotopic (exact) mass is 275 g/mol. The molecule has 1 N–H and O–H groups in total. The molecule has 110 valence electrons. The molecule has 0 bridgehead atoms. The van der Waals surface area contributed by atoms with Crippen molar-refractivity contribution in [3.8, 4) is 0 Å². The van der Waals surface area contributed by atoms with Gasteiger partial charge in [-0.15, -0.1) is 0 Å². The molecular weight excluding hydrogens is 250 g/mol. The maximum Gasteiger partial charge on any atom is 0.270 e. The van der Waals surface area contributed by atoms with E-state index in [0.29, 0.717) is 5.69 Å². The zero-order valence-electron chi connectivity index (χ0n) is 12.9. The Morgan fingerprint density at radius 2 is 1.95 bits per heavy atom. The van der Waals surface area contributed by atoms with Gasteiger partial charge in [0.05, 0.1) is 0 Å². The number of piperidine rings is 1. The van der Waals surface area contributed by atoms with E-state index in [1.54, 1.807) is 12.3 Å². The highest BCUT2D eigenvalue weighted by molar-refractivity contribution is 5.92. The predicted octanol–water partition coefficient (Wildman–Crippen LogP) is 2.46. The normalized spacial score (nSPS) is 19.6. The lowest BCUT2D eigenvalue weighted by atomic mass is 9.87. The van der Waals surface area contributed by atoms with Crippen LogP contribution < -0.4 is 5.32 Å². The molecule has 0 aromatic carbocycles. The molecule has 4 heteroatoms. The summed E-state index contributed by atoms with van der Waals surface area (Å²) in [6.07, 6.45) is 3.60. The largest absolute Gasteiger partial charge is 0.345 e. The number of carbonyl (C=O) groups excluding carboxylic acids is 1. The summed E-state index contributed by atoms with van der Waals surface area (Å²) in [5.41, 5.74) is 0.565. The summed E-state index contributed by atoms with van der Waals surface area (Å²) in [7, 11) is 0. The zero-order chi connectivity index (χ0) is 14.8. The number of likely N-dealkylation sites (tertiary alicyclic amines) is 1. The topological polar surface area (TPSA) is 45.2 Å². The van der Waals surface area contributed by atoms with Gasteiger partial charge in [-0.3, -0.25) is 14.7 Å². The van der Waals surface area contributed by atoms with Gasteiger partial charge in [-0.05, 0) is 52.7 Å². The van der Waals surface area contributed by atoms with E-state index in [2.05, 4.69) is 42.9 Å². The lowest BCUT2D eigenvalue weighted by Crippen LogP contribution is -2.56. The minimum absolute atomic E-state index is 0.0719. The van der Waals surface area contributed by atoms with Crippen molar-refractivity contribution in [2.75, 3.05) is 13.1 Å². The van der Waals surface area contributed by atoms with Gasteiger partial charge in [-0.1, -0.05) is 6.07 Å². The van der Waals surface area contributed by atoms with E-state index in [1.165, 1.54) is 0 Å². The van der Waals surface area contributed by atoms with Crippen molar-refractivity contribution in [3.63, 3.8) is 0 Å². The molecule has 1 aromatic heterocycles. The number of aromatic nitrogens is 1. The molecule has 4 nitrogen and oxygen atoms in total.